The predicted octanol–water partition coefficient (Wildman–Crippen LogP) is 11.2. The molecule has 0 aromatic carbocycles. The van der Waals surface area contributed by atoms with Crippen LogP contribution in [0.25, 0.3) is 0 Å². The molecular formula is C42H82NO8P. The molecule has 0 spiro atoms. The number of phosphoric acid groups is 1. The minimum absolute atomic E-state index is 0.0294. The third-order valence-electron chi connectivity index (χ3n) is 9.29. The van der Waals surface area contributed by atoms with Crippen LogP contribution >= 0.6 is 7.82 Å². The zero-order valence-electron chi connectivity index (χ0n) is 34.5. The van der Waals surface area contributed by atoms with Gasteiger partial charge in [-0.15, -0.1) is 0 Å². The summed E-state index contributed by atoms with van der Waals surface area (Å²) in [5, 5.41) is 0. The number of phosphoric ester groups is 1. The van der Waals surface area contributed by atoms with Crippen LogP contribution < -0.4 is 4.89 Å². The second kappa shape index (κ2) is 35.5. The van der Waals surface area contributed by atoms with Gasteiger partial charge in [-0.05, 0) is 38.5 Å². The maximum absolute atomic E-state index is 12.6. The van der Waals surface area contributed by atoms with Crippen LogP contribution in [-0.2, 0) is 32.7 Å². The van der Waals surface area contributed by atoms with Gasteiger partial charge in [0.2, 0.25) is 0 Å². The number of ether oxygens (including phenoxy) is 2. The molecule has 0 radical (unpaired) electrons. The van der Waals surface area contributed by atoms with E-state index < -0.39 is 26.5 Å². The van der Waals surface area contributed by atoms with E-state index in [2.05, 4.69) is 26.0 Å². The van der Waals surface area contributed by atoms with E-state index in [1.807, 2.05) is 21.1 Å². The molecule has 0 saturated heterocycles. The van der Waals surface area contributed by atoms with Crippen LogP contribution in [0.2, 0.25) is 0 Å². The molecule has 2 atom stereocenters. The molecule has 0 aromatic rings. The van der Waals surface area contributed by atoms with Crippen molar-refractivity contribution < 1.29 is 42.1 Å². The molecule has 1 unspecified atom stereocenters. The summed E-state index contributed by atoms with van der Waals surface area (Å²) in [5.41, 5.74) is 0. The van der Waals surface area contributed by atoms with Crippen LogP contribution in [0, 0.1) is 0 Å². The van der Waals surface area contributed by atoms with Gasteiger partial charge in [0.05, 0.1) is 27.7 Å². The Balaban J connectivity index is 4.37. The number of carbonyl (C=O) groups excluding carboxylic acids is 2. The van der Waals surface area contributed by atoms with E-state index in [9.17, 15) is 19.0 Å². The molecule has 0 bridgehead atoms. The van der Waals surface area contributed by atoms with E-state index in [0.717, 1.165) is 51.4 Å². The van der Waals surface area contributed by atoms with Crippen LogP contribution in [0.5, 0.6) is 0 Å². The van der Waals surface area contributed by atoms with Crippen molar-refractivity contribution in [1.29, 1.82) is 0 Å². The Bertz CT molecular complexity index is 907. The first-order valence-corrected chi connectivity index (χ1v) is 22.9. The first kappa shape index (κ1) is 50.8. The maximum Gasteiger partial charge on any atom is 0.306 e. The fraction of sp³-hybridized carbons (Fsp3) is 0.905. The molecule has 0 aliphatic carbocycles. The Morgan fingerprint density at radius 3 is 1.42 bits per heavy atom. The number of quaternary nitrogens is 1. The zero-order chi connectivity index (χ0) is 38.6. The van der Waals surface area contributed by atoms with Crippen molar-refractivity contribution >= 4 is 19.8 Å². The van der Waals surface area contributed by atoms with Gasteiger partial charge in [0.25, 0.3) is 7.82 Å². The first-order valence-electron chi connectivity index (χ1n) is 21.4. The summed E-state index contributed by atoms with van der Waals surface area (Å²) in [5.74, 6) is -0.837. The molecule has 52 heavy (non-hydrogen) atoms. The summed E-state index contributed by atoms with van der Waals surface area (Å²) in [6, 6.07) is 0. The van der Waals surface area contributed by atoms with E-state index in [0.29, 0.717) is 17.4 Å². The standard InChI is InChI=1S/C42H82NO8P/c1-6-8-10-12-14-16-18-20-21-23-25-27-29-31-33-35-42(45)51-40(39-50-52(46,47)49-37-36-43(3,4)5)38-48-41(44)34-32-30-28-26-24-22-19-17-15-13-11-9-7-2/h20-21,40H,6-19,22-39H2,1-5H3/b21-20-/t40-/m1/s1/i2+1,7+1,9+1,11+1,13+1,15+1,17+1,19+1,22+1,24+1,26+1,28+1,30+1,32+1,34+1,41+1. The summed E-state index contributed by atoms with van der Waals surface area (Å²) in [6.45, 7) is 4.22. The fourth-order valence-electron chi connectivity index (χ4n) is 5.88. The molecular weight excluding hydrogens is 693 g/mol. The van der Waals surface area contributed by atoms with Gasteiger partial charge in [-0.1, -0.05) is 154 Å². The minimum Gasteiger partial charge on any atom is -0.756 e. The van der Waals surface area contributed by atoms with E-state index >= 15 is 0 Å². The largest absolute Gasteiger partial charge is 0.756 e. The monoisotopic (exact) mass is 776 g/mol. The van der Waals surface area contributed by atoms with Crippen molar-refractivity contribution in [1.82, 2.24) is 0 Å². The van der Waals surface area contributed by atoms with Crippen molar-refractivity contribution in [3.63, 3.8) is 0 Å². The second-order valence-corrected chi connectivity index (χ2v) is 17.1. The fourth-order valence-corrected chi connectivity index (χ4v) is 6.61. The number of carbonyl (C=O) groups is 2. The van der Waals surface area contributed by atoms with Gasteiger partial charge in [0.15, 0.2) is 6.10 Å². The van der Waals surface area contributed by atoms with Gasteiger partial charge in [0, 0.05) is 12.8 Å². The smallest absolute Gasteiger partial charge is 0.306 e. The van der Waals surface area contributed by atoms with Crippen LogP contribution in [-0.4, -0.2) is 70.0 Å². The van der Waals surface area contributed by atoms with E-state index in [4.69, 9.17) is 18.5 Å². The quantitative estimate of drug-likeness (QED) is 0.0152. The number of allylic oxidation sites excluding steroid dienone is 2. The molecule has 0 fully saturated rings. The Hall–Kier alpha value is -1.25. The lowest BCUT2D eigenvalue weighted by Gasteiger charge is -2.28. The lowest BCUT2D eigenvalue weighted by molar-refractivity contribution is -0.870. The summed E-state index contributed by atoms with van der Waals surface area (Å²) in [4.78, 5) is 37.4. The van der Waals surface area contributed by atoms with E-state index in [-0.39, 0.29) is 32.0 Å². The van der Waals surface area contributed by atoms with Crippen molar-refractivity contribution in [2.75, 3.05) is 47.5 Å². The third kappa shape index (κ3) is 38.5. The number of unbranched alkanes of at least 4 members (excludes halogenated alkanes) is 23. The average molecular weight is 776 g/mol. The predicted molar refractivity (Wildman–Crippen MR) is 213 cm³/mol. The minimum atomic E-state index is -4.62. The van der Waals surface area contributed by atoms with Crippen LogP contribution in [0.15, 0.2) is 12.2 Å². The molecule has 0 aliphatic heterocycles. The Morgan fingerprint density at radius 2 is 0.981 bits per heavy atom. The highest BCUT2D eigenvalue weighted by atomic mass is 31.2. The molecule has 10 heteroatoms. The molecule has 0 N–H and O–H groups in total. The molecule has 0 amide bonds. The van der Waals surface area contributed by atoms with Gasteiger partial charge in [-0.25, -0.2) is 0 Å². The molecule has 0 saturated carbocycles. The maximum atomic E-state index is 12.6. The Labute approximate surface area is 320 Å². The second-order valence-electron chi connectivity index (χ2n) is 15.7. The van der Waals surface area contributed by atoms with E-state index in [1.54, 1.807) is 0 Å². The van der Waals surface area contributed by atoms with Crippen molar-refractivity contribution in [3.05, 3.63) is 12.2 Å². The van der Waals surface area contributed by atoms with Crippen LogP contribution in [0.3, 0.4) is 0 Å². The number of esters is 2. The summed E-state index contributed by atoms with van der Waals surface area (Å²) < 4.78 is 33.8. The lowest BCUT2D eigenvalue weighted by Crippen LogP contribution is -2.37. The van der Waals surface area contributed by atoms with E-state index in [1.165, 1.54) is 109 Å². The number of rotatable bonds is 39. The number of hydrogen-bond acceptors (Lipinski definition) is 8. The Morgan fingerprint density at radius 1 is 0.577 bits per heavy atom. The van der Waals surface area contributed by atoms with Gasteiger partial charge in [0.1, 0.15) is 19.8 Å². The van der Waals surface area contributed by atoms with Crippen LogP contribution in [0.4, 0.5) is 0 Å². The average Bonchev–Trinajstić information content (AvgIpc) is 3.09. The molecule has 0 aliphatic rings. The molecule has 308 valence electrons. The number of likely N-dealkylation sites (N-methyl/N-ethyl adjacent to an activating group) is 1. The normalized spacial score (nSPS) is 13.7. The molecule has 9 nitrogen and oxygen atoms in total. The van der Waals surface area contributed by atoms with Crippen molar-refractivity contribution in [3.8, 4) is 0 Å². The number of hydrogen-bond donors (Lipinski definition) is 0. The molecule has 0 aromatic heterocycles. The topological polar surface area (TPSA) is 111 Å². The zero-order valence-corrected chi connectivity index (χ0v) is 35.4. The van der Waals surface area contributed by atoms with Gasteiger partial charge in [-0.2, -0.15) is 0 Å². The highest BCUT2D eigenvalue weighted by Gasteiger charge is 2.21. The van der Waals surface area contributed by atoms with Gasteiger partial charge < -0.3 is 27.9 Å². The number of nitrogens with zero attached hydrogens (tertiary/aromatic N) is 1. The highest BCUT2D eigenvalue weighted by Crippen LogP contribution is 2.38. The third-order valence-corrected chi connectivity index (χ3v) is 10.2. The van der Waals surface area contributed by atoms with Crippen LogP contribution in [0.1, 0.15) is 194 Å². The van der Waals surface area contributed by atoms with Crippen molar-refractivity contribution in [2.24, 2.45) is 0 Å². The van der Waals surface area contributed by atoms with Gasteiger partial charge >= 0.3 is 11.9 Å². The lowest BCUT2D eigenvalue weighted by atomic mass is 10.1. The highest BCUT2D eigenvalue weighted by molar-refractivity contribution is 7.45. The Kier molecular flexibility index (Phi) is 34.6. The summed E-state index contributed by atoms with van der Waals surface area (Å²) in [7, 11) is 1.17. The SMILES string of the molecule is CCCCCCCC/C=C\CCCCCCCC(=O)O[C@H](CO[13C](=O)[13CH2][13CH2][13CH2][13CH2][13CH2][13CH2][13CH2][13CH2][13CH2][13CH2][13CH2][13CH2][13CH2][13CH2][13CH3])COP(=O)([O-])OCC[N+](C)(C)C. The summed E-state index contributed by atoms with van der Waals surface area (Å²) >= 11 is 0. The first-order chi connectivity index (χ1) is 25.0. The molecule has 0 heterocycles. The van der Waals surface area contributed by atoms with Gasteiger partial charge in [-0.3, -0.25) is 14.2 Å². The summed E-state index contributed by atoms with van der Waals surface area (Å²) in [6.07, 6.45) is 35.1. The van der Waals surface area contributed by atoms with Crippen molar-refractivity contribution in [2.45, 2.75) is 200 Å². The molecule has 0 rings (SSSR count).